The van der Waals surface area contributed by atoms with Crippen LogP contribution in [-0.2, 0) is 5.41 Å². The highest BCUT2D eigenvalue weighted by Crippen LogP contribution is 2.56. The Kier molecular flexibility index (Phi) is 9.26. The summed E-state index contributed by atoms with van der Waals surface area (Å²) in [6.45, 7) is 13.5. The lowest BCUT2D eigenvalue weighted by Crippen LogP contribution is -2.37. The molecule has 6 heteroatoms. The van der Waals surface area contributed by atoms with Gasteiger partial charge in [0.25, 0.3) is 0 Å². The summed E-state index contributed by atoms with van der Waals surface area (Å²) in [5.74, 6) is 1.52. The van der Waals surface area contributed by atoms with Gasteiger partial charge in [-0.25, -0.2) is 0 Å². The molecular formula is C74H52BN2O3. The minimum atomic E-state index is -0.205. The lowest BCUT2D eigenvalue weighted by Gasteiger charge is -2.29. The van der Waals surface area contributed by atoms with Crippen molar-refractivity contribution >= 4 is 106 Å². The molecule has 0 unspecified atom stereocenters. The standard InChI is InChI=1S/C74H52BN2O3/c1-40-33-41(2)67(42(3)34-40)43-35-57(71-66(36-43)78-65-30-23-44(74(4,5)6)37-58(65)75-71)68-53-28-26-51-55-38-45(76-59-19-11-7-15-47(59)48-16-8-12-20-60(48)76)24-31-63(55)79-72(51)69(53)70-54(68)29-27-52-56-39-46(25-32-64(56)80-73(52)70)77-61-21-13-9-17-49(61)50-18-10-14-22-62(50)77/h7-39,68H,1-6H3. The van der Waals surface area contributed by atoms with E-state index in [1.165, 1.54) is 88.1 Å². The van der Waals surface area contributed by atoms with Gasteiger partial charge in [0.15, 0.2) is 0 Å². The number of hydrogen-bond acceptors (Lipinski definition) is 3. The number of fused-ring (bicyclic) bond motifs is 19. The summed E-state index contributed by atoms with van der Waals surface area (Å²) in [4.78, 5) is 0. The van der Waals surface area contributed by atoms with Crippen LogP contribution in [0, 0.1) is 20.8 Å². The molecule has 80 heavy (non-hydrogen) atoms. The van der Waals surface area contributed by atoms with Crippen LogP contribution in [-0.4, -0.2) is 16.4 Å². The summed E-state index contributed by atoms with van der Waals surface area (Å²) < 4.78 is 26.5. The number of benzene rings is 11. The Balaban J connectivity index is 0.938. The number of hydrogen-bond donors (Lipinski definition) is 0. The summed E-state index contributed by atoms with van der Waals surface area (Å²) >= 11 is 0. The van der Waals surface area contributed by atoms with Crippen molar-refractivity contribution in [3.63, 3.8) is 0 Å². The lowest BCUT2D eigenvalue weighted by molar-refractivity contribution is 0.486. The van der Waals surface area contributed by atoms with Crippen LogP contribution in [0.3, 0.4) is 0 Å². The molecule has 0 saturated heterocycles. The third kappa shape index (κ3) is 6.36. The first-order chi connectivity index (χ1) is 39.0. The average Bonchev–Trinajstić information content (AvgIpc) is 4.35. The van der Waals surface area contributed by atoms with Gasteiger partial charge in [0.05, 0.1) is 22.1 Å². The molecule has 0 atom stereocenters. The van der Waals surface area contributed by atoms with Gasteiger partial charge < -0.3 is 22.7 Å². The molecule has 1 aliphatic carbocycles. The maximum absolute atomic E-state index is 7.31. The molecule has 1 aliphatic heterocycles. The summed E-state index contributed by atoms with van der Waals surface area (Å²) in [5, 5.41) is 9.20. The Morgan fingerprint density at radius 3 is 1.39 bits per heavy atom. The van der Waals surface area contributed by atoms with Crippen molar-refractivity contribution in [1.82, 2.24) is 9.13 Å². The molecule has 0 N–H and O–H groups in total. The zero-order chi connectivity index (χ0) is 53.4. The summed E-state index contributed by atoms with van der Waals surface area (Å²) in [7, 11) is 2.38. The molecule has 4 aromatic heterocycles. The second-order valence-electron chi connectivity index (χ2n) is 23.6. The number of nitrogens with zero attached hydrogens (tertiary/aromatic N) is 2. The monoisotopic (exact) mass is 1030 g/mol. The van der Waals surface area contributed by atoms with Crippen LogP contribution in [0.2, 0.25) is 0 Å². The maximum atomic E-state index is 7.31. The zero-order valence-electron chi connectivity index (χ0n) is 45.3. The van der Waals surface area contributed by atoms with Crippen molar-refractivity contribution in [2.75, 3.05) is 0 Å². The van der Waals surface area contributed by atoms with E-state index >= 15 is 0 Å². The molecule has 15 aromatic rings. The van der Waals surface area contributed by atoms with Crippen molar-refractivity contribution in [3.8, 4) is 45.1 Å². The number of aryl methyl sites for hydroxylation is 3. The predicted octanol–water partition coefficient (Wildman–Crippen LogP) is 18.5. The van der Waals surface area contributed by atoms with Gasteiger partial charge >= 0.3 is 0 Å². The van der Waals surface area contributed by atoms with Crippen LogP contribution in [0.4, 0.5) is 0 Å². The smallest absolute Gasteiger partial charge is 0.201 e. The molecule has 0 amide bonds. The fourth-order valence-corrected chi connectivity index (χ4v) is 14.3. The van der Waals surface area contributed by atoms with Crippen LogP contribution in [0.5, 0.6) is 11.5 Å². The Morgan fingerprint density at radius 2 is 0.900 bits per heavy atom. The lowest BCUT2D eigenvalue weighted by atomic mass is 9.58. The molecule has 0 spiro atoms. The Hall–Kier alpha value is -9.52. The van der Waals surface area contributed by atoms with Gasteiger partial charge in [0.2, 0.25) is 7.28 Å². The van der Waals surface area contributed by atoms with Gasteiger partial charge in [-0.15, -0.1) is 0 Å². The highest BCUT2D eigenvalue weighted by atomic mass is 16.5. The quantitative estimate of drug-likeness (QED) is 0.165. The Morgan fingerprint density at radius 1 is 0.412 bits per heavy atom. The van der Waals surface area contributed by atoms with Crippen molar-refractivity contribution in [2.45, 2.75) is 52.9 Å². The molecular weight excluding hydrogens is 976 g/mol. The highest BCUT2D eigenvalue weighted by Gasteiger charge is 2.39. The largest absolute Gasteiger partial charge is 0.459 e. The van der Waals surface area contributed by atoms with Crippen LogP contribution in [0.25, 0.3) is 121 Å². The van der Waals surface area contributed by atoms with Gasteiger partial charge in [0.1, 0.15) is 33.8 Å². The van der Waals surface area contributed by atoms with Gasteiger partial charge in [-0.05, 0) is 154 Å². The van der Waals surface area contributed by atoms with Crippen molar-refractivity contribution in [1.29, 1.82) is 0 Å². The van der Waals surface area contributed by atoms with E-state index in [4.69, 9.17) is 13.6 Å². The van der Waals surface area contributed by atoms with Crippen LogP contribution in [0.1, 0.15) is 65.6 Å². The van der Waals surface area contributed by atoms with Gasteiger partial charge in [-0.3, -0.25) is 0 Å². The third-order valence-electron chi connectivity index (χ3n) is 17.7. The first kappa shape index (κ1) is 45.5. The summed E-state index contributed by atoms with van der Waals surface area (Å²) in [6.07, 6.45) is 0. The fourth-order valence-electron chi connectivity index (χ4n) is 14.3. The third-order valence-corrected chi connectivity index (χ3v) is 17.7. The highest BCUT2D eigenvalue weighted by molar-refractivity contribution is 6.70. The molecule has 2 aliphatic rings. The molecule has 11 aromatic carbocycles. The average molecular weight is 1030 g/mol. The molecule has 5 nitrogen and oxygen atoms in total. The number of para-hydroxylation sites is 4. The van der Waals surface area contributed by atoms with Crippen LogP contribution in [0.15, 0.2) is 209 Å². The summed E-state index contributed by atoms with van der Waals surface area (Å²) in [5.41, 5.74) is 25.4. The molecule has 0 fully saturated rings. The van der Waals surface area contributed by atoms with Gasteiger partial charge in [-0.1, -0.05) is 154 Å². The first-order valence-corrected chi connectivity index (χ1v) is 27.9. The van der Waals surface area contributed by atoms with E-state index in [0.29, 0.717) is 0 Å². The van der Waals surface area contributed by atoms with Crippen molar-refractivity contribution in [3.05, 3.63) is 239 Å². The number of rotatable bonds is 4. The Labute approximate surface area is 463 Å². The van der Waals surface area contributed by atoms with E-state index in [-0.39, 0.29) is 11.3 Å². The van der Waals surface area contributed by atoms with Crippen molar-refractivity contribution < 1.29 is 13.6 Å². The van der Waals surface area contributed by atoms with E-state index in [1.54, 1.807) is 0 Å². The number of ether oxygens (including phenoxy) is 1. The van der Waals surface area contributed by atoms with Gasteiger partial charge in [-0.2, -0.15) is 0 Å². The molecule has 1 radical (unpaired) electrons. The minimum absolute atomic E-state index is 0.0377. The number of furan rings is 2. The normalized spacial score (nSPS) is 13.3. The number of aromatic nitrogens is 2. The second-order valence-corrected chi connectivity index (χ2v) is 23.6. The SMILES string of the molecule is Cc1cc(C)c(-c2cc3c(c(C4c5ccc6c(oc7ccc(-n8c9ccccc9c9ccccc98)cc76)c5-c5c4ccc4c5oc5ccc(-n6c7ccccc7c7ccccc76)cc54)c2)[B]c2cc(C(C)(C)C)ccc2O3)c(C)c1. The van der Waals surface area contributed by atoms with E-state index < -0.39 is 0 Å². The molecule has 5 heterocycles. The van der Waals surface area contributed by atoms with Gasteiger partial charge in [0, 0.05) is 71.5 Å². The van der Waals surface area contributed by atoms with Crippen molar-refractivity contribution in [2.24, 2.45) is 0 Å². The first-order valence-electron chi connectivity index (χ1n) is 27.9. The molecule has 0 saturated carbocycles. The second kappa shape index (κ2) is 16.3. The van der Waals surface area contributed by atoms with Crippen LogP contribution < -0.4 is 15.7 Å². The van der Waals surface area contributed by atoms with E-state index in [2.05, 4.69) is 258 Å². The van der Waals surface area contributed by atoms with E-state index in [1.807, 2.05) is 0 Å². The van der Waals surface area contributed by atoms with E-state index in [0.717, 1.165) is 94.4 Å². The predicted molar refractivity (Wildman–Crippen MR) is 332 cm³/mol. The minimum Gasteiger partial charge on any atom is -0.459 e. The Bertz CT molecular complexity index is 4860. The fraction of sp³-hybridized carbons (Fsp3) is 0.108. The molecule has 379 valence electrons. The molecule has 0 bridgehead atoms. The molecule has 17 rings (SSSR count). The zero-order valence-corrected chi connectivity index (χ0v) is 45.3. The van der Waals surface area contributed by atoms with E-state index in [9.17, 15) is 0 Å². The van der Waals surface area contributed by atoms with Crippen LogP contribution >= 0.6 is 0 Å². The summed E-state index contributed by atoms with van der Waals surface area (Å²) in [6, 6.07) is 73.6. The maximum Gasteiger partial charge on any atom is 0.201 e. The topological polar surface area (TPSA) is 45.4 Å².